The smallest absolute Gasteiger partial charge is 0.435 e. The molecule has 0 saturated heterocycles. The van der Waals surface area contributed by atoms with E-state index < -0.39 is 11.9 Å². The first-order valence-electron chi connectivity index (χ1n) is 11.9. The maximum absolute atomic E-state index is 13.1. The summed E-state index contributed by atoms with van der Waals surface area (Å²) in [4.78, 5) is 25.2. The number of fused-ring (bicyclic) bond motifs is 1. The lowest BCUT2D eigenvalue weighted by molar-refractivity contribution is -0.141. The van der Waals surface area contributed by atoms with Gasteiger partial charge in [-0.2, -0.15) is 23.3 Å². The second-order valence-electron chi connectivity index (χ2n) is 8.81. The van der Waals surface area contributed by atoms with E-state index in [9.17, 15) is 13.2 Å². The van der Waals surface area contributed by atoms with Crippen molar-refractivity contribution in [2.24, 2.45) is 0 Å². The third-order valence-electron chi connectivity index (χ3n) is 6.21. The van der Waals surface area contributed by atoms with Gasteiger partial charge < -0.3 is 19.2 Å². The largest absolute Gasteiger partial charge is 0.481 e. The SMILES string of the molecule is COc1ncnc(C2CC2)c1-c1nc(OCc2ccc(-n3nc(C(F)(F)F)cc3OC)cc2)c2[nH]cnc2n1. The first kappa shape index (κ1) is 24.6. The molecule has 1 N–H and O–H groups in total. The fraction of sp³-hybridized carbons (Fsp3) is 0.280. The summed E-state index contributed by atoms with van der Waals surface area (Å²) in [6.07, 6.45) is 0.402. The number of hydrogen-bond acceptors (Lipinski definition) is 9. The molecular formula is C25H21F3N8O3. The van der Waals surface area contributed by atoms with Gasteiger partial charge in [-0.1, -0.05) is 12.1 Å². The summed E-state index contributed by atoms with van der Waals surface area (Å²) < 4.78 is 57.0. The molecule has 200 valence electrons. The lowest BCUT2D eigenvalue weighted by Crippen LogP contribution is -2.07. The number of rotatable bonds is 8. The van der Waals surface area contributed by atoms with Crippen LogP contribution < -0.4 is 14.2 Å². The number of halogens is 3. The third kappa shape index (κ3) is 4.69. The van der Waals surface area contributed by atoms with Crippen LogP contribution in [0, 0.1) is 0 Å². The first-order chi connectivity index (χ1) is 18.9. The van der Waals surface area contributed by atoms with Crippen molar-refractivity contribution in [1.82, 2.24) is 39.7 Å². The van der Waals surface area contributed by atoms with Gasteiger partial charge in [0.05, 0.1) is 31.9 Å². The van der Waals surface area contributed by atoms with E-state index in [0.717, 1.165) is 34.8 Å². The van der Waals surface area contributed by atoms with E-state index in [0.29, 0.717) is 40.0 Å². The molecule has 0 aliphatic heterocycles. The Morgan fingerprint density at radius 3 is 2.49 bits per heavy atom. The van der Waals surface area contributed by atoms with Crippen LogP contribution in [0.1, 0.15) is 35.7 Å². The summed E-state index contributed by atoms with van der Waals surface area (Å²) in [5.41, 5.74) is 2.45. The summed E-state index contributed by atoms with van der Waals surface area (Å²) in [5.74, 6) is 1.23. The van der Waals surface area contributed by atoms with Gasteiger partial charge in [0, 0.05) is 12.0 Å². The van der Waals surface area contributed by atoms with Crippen LogP contribution in [0.15, 0.2) is 43.0 Å². The van der Waals surface area contributed by atoms with Gasteiger partial charge in [-0.15, -0.1) is 0 Å². The van der Waals surface area contributed by atoms with E-state index in [1.807, 2.05) is 0 Å². The zero-order chi connectivity index (χ0) is 27.1. The fourth-order valence-corrected chi connectivity index (χ4v) is 4.15. The van der Waals surface area contributed by atoms with Crippen molar-refractivity contribution in [3.05, 3.63) is 59.9 Å². The van der Waals surface area contributed by atoms with Crippen molar-refractivity contribution in [3.63, 3.8) is 0 Å². The summed E-state index contributed by atoms with van der Waals surface area (Å²) in [6.45, 7) is 0.118. The maximum Gasteiger partial charge on any atom is 0.435 e. The van der Waals surface area contributed by atoms with Gasteiger partial charge in [0.2, 0.25) is 17.6 Å². The second-order valence-corrected chi connectivity index (χ2v) is 8.81. The predicted molar refractivity (Wildman–Crippen MR) is 131 cm³/mol. The second kappa shape index (κ2) is 9.53. The molecule has 0 radical (unpaired) electrons. The average Bonchev–Trinajstić information content (AvgIpc) is 3.50. The minimum Gasteiger partial charge on any atom is -0.481 e. The van der Waals surface area contributed by atoms with Gasteiger partial charge in [-0.25, -0.2) is 24.6 Å². The Hall–Kier alpha value is -4.75. The Morgan fingerprint density at radius 1 is 1.00 bits per heavy atom. The number of hydrogen-bond donors (Lipinski definition) is 1. The molecule has 1 aliphatic rings. The highest BCUT2D eigenvalue weighted by Gasteiger charge is 2.35. The Labute approximate surface area is 219 Å². The number of ether oxygens (including phenoxy) is 3. The van der Waals surface area contributed by atoms with Gasteiger partial charge in [0.25, 0.3) is 0 Å². The topological polar surface area (TPSA) is 126 Å². The number of methoxy groups -OCH3 is 2. The number of alkyl halides is 3. The Balaban J connectivity index is 1.28. The summed E-state index contributed by atoms with van der Waals surface area (Å²) >= 11 is 0. The van der Waals surface area contributed by atoms with Gasteiger partial charge in [0.1, 0.15) is 24.0 Å². The summed E-state index contributed by atoms with van der Waals surface area (Å²) in [5, 5.41) is 3.64. The molecule has 1 saturated carbocycles. The van der Waals surface area contributed by atoms with Crippen LogP contribution in [0.5, 0.6) is 17.6 Å². The number of aromatic amines is 1. The van der Waals surface area contributed by atoms with Gasteiger partial charge >= 0.3 is 6.18 Å². The lowest BCUT2D eigenvalue weighted by Gasteiger charge is -2.12. The molecule has 39 heavy (non-hydrogen) atoms. The van der Waals surface area contributed by atoms with E-state index in [1.165, 1.54) is 26.9 Å². The quantitative estimate of drug-likeness (QED) is 0.304. The van der Waals surface area contributed by atoms with E-state index in [1.54, 1.807) is 24.3 Å². The minimum absolute atomic E-state index is 0.0348. The van der Waals surface area contributed by atoms with Crippen molar-refractivity contribution >= 4 is 11.2 Å². The molecule has 6 rings (SSSR count). The average molecular weight is 538 g/mol. The lowest BCUT2D eigenvalue weighted by atomic mass is 10.1. The Kier molecular flexibility index (Phi) is 6.00. The van der Waals surface area contributed by atoms with Gasteiger partial charge in [0.15, 0.2) is 17.2 Å². The Bertz CT molecular complexity index is 1650. The van der Waals surface area contributed by atoms with Crippen LogP contribution in [-0.4, -0.2) is 53.9 Å². The predicted octanol–water partition coefficient (Wildman–Crippen LogP) is 4.49. The van der Waals surface area contributed by atoms with Crippen molar-refractivity contribution in [3.8, 4) is 34.7 Å². The zero-order valence-electron chi connectivity index (χ0n) is 20.7. The molecule has 4 heterocycles. The van der Waals surface area contributed by atoms with Crippen molar-refractivity contribution in [2.75, 3.05) is 14.2 Å². The number of H-pyrrole nitrogens is 1. The van der Waals surface area contributed by atoms with Gasteiger partial charge in [-0.3, -0.25) is 0 Å². The molecule has 14 heteroatoms. The van der Waals surface area contributed by atoms with Crippen molar-refractivity contribution in [2.45, 2.75) is 31.5 Å². The van der Waals surface area contributed by atoms with E-state index in [2.05, 4.69) is 35.0 Å². The number of nitrogens with zero attached hydrogens (tertiary/aromatic N) is 7. The molecule has 1 fully saturated rings. The number of benzene rings is 1. The molecule has 1 aromatic carbocycles. The normalized spacial score (nSPS) is 13.6. The van der Waals surface area contributed by atoms with Crippen molar-refractivity contribution < 1.29 is 27.4 Å². The number of imidazole rings is 1. The fourth-order valence-electron chi connectivity index (χ4n) is 4.15. The highest BCUT2D eigenvalue weighted by atomic mass is 19.4. The number of aromatic nitrogens is 8. The van der Waals surface area contributed by atoms with Crippen LogP contribution in [0.3, 0.4) is 0 Å². The van der Waals surface area contributed by atoms with Crippen LogP contribution in [0.25, 0.3) is 28.2 Å². The highest BCUT2D eigenvalue weighted by molar-refractivity contribution is 5.79. The number of nitrogens with one attached hydrogen (secondary N) is 1. The highest BCUT2D eigenvalue weighted by Crippen LogP contribution is 2.45. The van der Waals surface area contributed by atoms with E-state index in [4.69, 9.17) is 14.2 Å². The van der Waals surface area contributed by atoms with E-state index >= 15 is 0 Å². The van der Waals surface area contributed by atoms with Crippen LogP contribution in [-0.2, 0) is 12.8 Å². The summed E-state index contributed by atoms with van der Waals surface area (Å²) in [6, 6.07) is 7.53. The monoisotopic (exact) mass is 538 g/mol. The molecule has 0 unspecified atom stereocenters. The van der Waals surface area contributed by atoms with Crippen LogP contribution >= 0.6 is 0 Å². The molecular weight excluding hydrogens is 517 g/mol. The minimum atomic E-state index is -4.59. The van der Waals surface area contributed by atoms with Crippen molar-refractivity contribution in [1.29, 1.82) is 0 Å². The molecule has 5 aromatic rings. The molecule has 11 nitrogen and oxygen atoms in total. The van der Waals surface area contributed by atoms with E-state index in [-0.39, 0.29) is 18.4 Å². The van der Waals surface area contributed by atoms with Crippen LogP contribution in [0.2, 0.25) is 0 Å². The molecule has 0 bridgehead atoms. The third-order valence-corrected chi connectivity index (χ3v) is 6.21. The standard InChI is InChI=1S/C25H21F3N8O3/c1-37-17-9-16(25(26,27)28)35-36(17)15-7-3-13(4-8-15)10-39-24-20-22(31-11-30-20)33-21(34-24)18-19(14-5-6-14)29-12-32-23(18)38-2/h3-4,7-9,11-12,14H,5-6,10H2,1-2H3,(H,30,31,33,34). The molecule has 0 amide bonds. The molecule has 4 aromatic heterocycles. The Morgan fingerprint density at radius 2 is 1.79 bits per heavy atom. The zero-order valence-corrected chi connectivity index (χ0v) is 20.7. The first-order valence-corrected chi connectivity index (χ1v) is 11.9. The summed E-state index contributed by atoms with van der Waals surface area (Å²) in [7, 11) is 2.81. The molecule has 0 atom stereocenters. The van der Waals surface area contributed by atoms with Crippen LogP contribution in [0.4, 0.5) is 13.2 Å². The molecule has 0 spiro atoms. The van der Waals surface area contributed by atoms with Gasteiger partial charge in [-0.05, 0) is 30.5 Å². The molecule has 1 aliphatic carbocycles. The maximum atomic E-state index is 13.1.